The van der Waals surface area contributed by atoms with E-state index < -0.39 is 0 Å². The zero-order valence-electron chi connectivity index (χ0n) is 8.06. The fourth-order valence-corrected chi connectivity index (χ4v) is 2.76. The lowest BCUT2D eigenvalue weighted by molar-refractivity contribution is 0.301. The van der Waals surface area contributed by atoms with Crippen LogP contribution in [0.3, 0.4) is 0 Å². The second-order valence-electron chi connectivity index (χ2n) is 2.90. The number of nitrogens with zero attached hydrogens (tertiary/aromatic N) is 2. The van der Waals surface area contributed by atoms with Gasteiger partial charge in [0.05, 0.1) is 6.20 Å². The van der Waals surface area contributed by atoms with E-state index in [1.807, 2.05) is 23.5 Å². The van der Waals surface area contributed by atoms with Crippen molar-refractivity contribution in [1.82, 2.24) is 10.3 Å². The molecule has 74 valence electrons. The molecule has 1 aromatic rings. The molecular weight excluding hydrogens is 204 g/mol. The molecule has 0 radical (unpaired) electrons. The van der Waals surface area contributed by atoms with Crippen molar-refractivity contribution in [2.24, 2.45) is 0 Å². The highest BCUT2D eigenvalue weighted by molar-refractivity contribution is 8.15. The van der Waals surface area contributed by atoms with E-state index in [2.05, 4.69) is 35.0 Å². The first kappa shape index (κ1) is 10.9. The van der Waals surface area contributed by atoms with Crippen LogP contribution in [0, 0.1) is 0 Å². The van der Waals surface area contributed by atoms with Crippen LogP contribution in [0.5, 0.6) is 0 Å². The van der Waals surface area contributed by atoms with Crippen LogP contribution in [-0.4, -0.2) is 26.9 Å². The second-order valence-corrected chi connectivity index (χ2v) is 5.50. The first-order valence-corrected chi connectivity index (χ1v) is 6.58. The average molecular weight is 218 g/mol. The van der Waals surface area contributed by atoms with Crippen LogP contribution in [0.25, 0.3) is 0 Å². The molecule has 0 bridgehead atoms. The topological polar surface area (TPSA) is 38.9 Å². The maximum Gasteiger partial charge on any atom is 0.109 e. The van der Waals surface area contributed by atoms with E-state index in [1.165, 1.54) is 0 Å². The maximum atomic E-state index is 4.58. The predicted octanol–water partition coefficient (Wildman–Crippen LogP) is 2.62. The van der Waals surface area contributed by atoms with Crippen LogP contribution in [-0.2, 0) is 0 Å². The summed E-state index contributed by atoms with van der Waals surface area (Å²) < 4.78 is 4.58. The van der Waals surface area contributed by atoms with Crippen LogP contribution in [0.1, 0.15) is 25.5 Å². The standard InChI is InChI=1S/C8H14N2OS2/c1-6(7(2)13-5-12-3)8-4-9-11-10-8/h4,6-7H,5H2,1-3H3/t6?,7-/m0/s1. The highest BCUT2D eigenvalue weighted by Gasteiger charge is 2.17. The Hall–Kier alpha value is -0.160. The molecule has 3 nitrogen and oxygen atoms in total. The largest absolute Gasteiger partial charge is 0.244 e. The van der Waals surface area contributed by atoms with Gasteiger partial charge in [-0.1, -0.05) is 24.2 Å². The monoisotopic (exact) mass is 218 g/mol. The van der Waals surface area contributed by atoms with Crippen LogP contribution >= 0.6 is 23.5 Å². The minimum atomic E-state index is 0.406. The molecule has 13 heavy (non-hydrogen) atoms. The molecule has 1 rings (SSSR count). The van der Waals surface area contributed by atoms with Crippen LogP contribution in [0.4, 0.5) is 0 Å². The zero-order valence-corrected chi connectivity index (χ0v) is 9.69. The maximum absolute atomic E-state index is 4.58. The van der Waals surface area contributed by atoms with E-state index in [9.17, 15) is 0 Å². The molecule has 1 heterocycles. The van der Waals surface area contributed by atoms with E-state index in [1.54, 1.807) is 6.20 Å². The molecule has 0 fully saturated rings. The zero-order chi connectivity index (χ0) is 9.68. The molecule has 0 aliphatic heterocycles. The van der Waals surface area contributed by atoms with Gasteiger partial charge in [-0.25, -0.2) is 4.63 Å². The molecule has 1 unspecified atom stereocenters. The molecule has 0 aliphatic rings. The van der Waals surface area contributed by atoms with E-state index in [0.29, 0.717) is 11.2 Å². The highest BCUT2D eigenvalue weighted by atomic mass is 32.2. The van der Waals surface area contributed by atoms with Gasteiger partial charge in [-0.05, 0) is 6.26 Å². The summed E-state index contributed by atoms with van der Waals surface area (Å²) in [5.74, 6) is 0.406. The summed E-state index contributed by atoms with van der Waals surface area (Å²) in [5, 5.41) is 9.12. The minimum absolute atomic E-state index is 0.406. The van der Waals surface area contributed by atoms with Crippen molar-refractivity contribution in [3.8, 4) is 0 Å². The quantitative estimate of drug-likeness (QED) is 0.710. The lowest BCUT2D eigenvalue weighted by Crippen LogP contribution is -2.08. The molecule has 0 amide bonds. The fourth-order valence-electron chi connectivity index (χ4n) is 0.933. The van der Waals surface area contributed by atoms with Gasteiger partial charge in [0.1, 0.15) is 5.69 Å². The summed E-state index contributed by atoms with van der Waals surface area (Å²) in [6, 6.07) is 0. The summed E-state index contributed by atoms with van der Waals surface area (Å²) in [5.41, 5.74) is 0.945. The predicted molar refractivity (Wildman–Crippen MR) is 58.1 cm³/mol. The lowest BCUT2D eigenvalue weighted by Gasteiger charge is -2.15. The van der Waals surface area contributed by atoms with Crippen LogP contribution < -0.4 is 0 Å². The summed E-state index contributed by atoms with van der Waals surface area (Å²) in [6.07, 6.45) is 3.81. The summed E-state index contributed by atoms with van der Waals surface area (Å²) in [4.78, 5) is 0. The van der Waals surface area contributed by atoms with E-state index in [0.717, 1.165) is 10.8 Å². The van der Waals surface area contributed by atoms with E-state index in [-0.39, 0.29) is 0 Å². The molecular formula is C8H14N2OS2. The Morgan fingerprint density at radius 2 is 2.31 bits per heavy atom. The molecule has 0 aromatic carbocycles. The molecule has 0 spiro atoms. The van der Waals surface area contributed by atoms with Gasteiger partial charge in [0, 0.05) is 16.3 Å². The van der Waals surface area contributed by atoms with Gasteiger partial charge in [0.2, 0.25) is 0 Å². The SMILES string of the molecule is CSCS[C@@H](C)C(C)c1cnon1. The number of hydrogen-bond donors (Lipinski definition) is 0. The Morgan fingerprint density at radius 3 is 2.85 bits per heavy atom. The van der Waals surface area contributed by atoms with Gasteiger partial charge >= 0.3 is 0 Å². The average Bonchev–Trinajstić information content (AvgIpc) is 2.65. The normalized spacial score (nSPS) is 15.6. The number of rotatable bonds is 5. The number of hydrogen-bond acceptors (Lipinski definition) is 5. The van der Waals surface area contributed by atoms with Crippen LogP contribution in [0.2, 0.25) is 0 Å². The van der Waals surface area contributed by atoms with Gasteiger partial charge in [0.15, 0.2) is 0 Å². The van der Waals surface area contributed by atoms with Crippen molar-refractivity contribution in [3.63, 3.8) is 0 Å². The fraction of sp³-hybridized carbons (Fsp3) is 0.750. The first-order chi connectivity index (χ1) is 6.25. The van der Waals surface area contributed by atoms with Gasteiger partial charge in [0.25, 0.3) is 0 Å². The van der Waals surface area contributed by atoms with Crippen molar-refractivity contribution in [2.45, 2.75) is 25.0 Å². The van der Waals surface area contributed by atoms with E-state index in [4.69, 9.17) is 0 Å². The Balaban J connectivity index is 2.43. The van der Waals surface area contributed by atoms with Gasteiger partial charge in [-0.3, -0.25) is 0 Å². The minimum Gasteiger partial charge on any atom is -0.244 e. The van der Waals surface area contributed by atoms with Gasteiger partial charge < -0.3 is 0 Å². The third kappa shape index (κ3) is 3.23. The molecule has 0 aliphatic carbocycles. The first-order valence-electron chi connectivity index (χ1n) is 4.13. The smallest absolute Gasteiger partial charge is 0.109 e. The third-order valence-electron chi connectivity index (χ3n) is 2.00. The molecule has 0 N–H and O–H groups in total. The third-order valence-corrected chi connectivity index (χ3v) is 4.42. The number of thioether (sulfide) groups is 2. The Labute approximate surface area is 87.0 Å². The second kappa shape index (κ2) is 5.54. The Bertz CT molecular complexity index is 228. The van der Waals surface area contributed by atoms with Crippen molar-refractivity contribution < 1.29 is 4.63 Å². The summed E-state index contributed by atoms with van der Waals surface area (Å²) >= 11 is 3.78. The van der Waals surface area contributed by atoms with Crippen molar-refractivity contribution in [2.75, 3.05) is 11.3 Å². The van der Waals surface area contributed by atoms with Crippen LogP contribution in [0.15, 0.2) is 10.8 Å². The van der Waals surface area contributed by atoms with Crippen molar-refractivity contribution in [1.29, 1.82) is 0 Å². The number of aromatic nitrogens is 2. The lowest BCUT2D eigenvalue weighted by atomic mass is 10.1. The molecule has 2 atom stereocenters. The molecule has 0 saturated carbocycles. The summed E-state index contributed by atoms with van der Waals surface area (Å²) in [7, 11) is 0. The van der Waals surface area contributed by atoms with E-state index >= 15 is 0 Å². The molecule has 1 aromatic heterocycles. The summed E-state index contributed by atoms with van der Waals surface area (Å²) in [6.45, 7) is 4.36. The highest BCUT2D eigenvalue weighted by Crippen LogP contribution is 2.28. The molecule has 0 saturated heterocycles. The molecule has 5 heteroatoms. The Kier molecular flexibility index (Phi) is 4.66. The Morgan fingerprint density at radius 1 is 1.54 bits per heavy atom. The van der Waals surface area contributed by atoms with Crippen molar-refractivity contribution in [3.05, 3.63) is 11.9 Å². The van der Waals surface area contributed by atoms with Gasteiger partial charge in [-0.2, -0.15) is 11.8 Å². The van der Waals surface area contributed by atoms with Gasteiger partial charge in [-0.15, -0.1) is 11.8 Å². The van der Waals surface area contributed by atoms with Crippen molar-refractivity contribution >= 4 is 23.5 Å².